The van der Waals surface area contributed by atoms with Crippen molar-refractivity contribution in [3.05, 3.63) is 64.0 Å². The molecule has 0 N–H and O–H groups in total. The Morgan fingerprint density at radius 1 is 1.13 bits per heavy atom. The Labute approximate surface area is 148 Å². The van der Waals surface area contributed by atoms with Crippen LogP contribution in [0.5, 0.6) is 5.75 Å². The van der Waals surface area contributed by atoms with Crippen LogP contribution in [0.25, 0.3) is 6.08 Å². The molecule has 0 radical (unpaired) electrons. The number of rotatable bonds is 3. The van der Waals surface area contributed by atoms with Crippen molar-refractivity contribution in [3.63, 3.8) is 0 Å². The molecule has 116 valence electrons. The molecule has 3 rings (SSSR count). The molecule has 1 amide bonds. The van der Waals surface area contributed by atoms with Gasteiger partial charge in [-0.05, 0) is 48.0 Å². The van der Waals surface area contributed by atoms with E-state index in [-0.39, 0.29) is 5.91 Å². The number of carbonyl (C=O) groups excluding carboxylic acids is 1. The maximum atomic E-state index is 12.6. The number of thioether (sulfide) groups is 1. The number of nitrogens with zero attached hydrogens (tertiary/aromatic N) is 1. The van der Waals surface area contributed by atoms with Crippen molar-refractivity contribution < 1.29 is 9.53 Å². The van der Waals surface area contributed by atoms with Gasteiger partial charge in [0.1, 0.15) is 5.75 Å². The molecule has 0 bridgehead atoms. The first kappa shape index (κ1) is 16.1. The molecule has 2 aromatic carbocycles. The van der Waals surface area contributed by atoms with E-state index in [0.717, 1.165) is 17.0 Å². The zero-order valence-electron chi connectivity index (χ0n) is 12.2. The summed E-state index contributed by atoms with van der Waals surface area (Å²) < 4.78 is 5.65. The molecule has 1 aliphatic rings. The van der Waals surface area contributed by atoms with Crippen molar-refractivity contribution in [2.45, 2.75) is 0 Å². The fraction of sp³-hybridized carbons (Fsp3) is 0.0588. The van der Waals surface area contributed by atoms with Gasteiger partial charge in [-0.25, -0.2) is 0 Å². The van der Waals surface area contributed by atoms with Gasteiger partial charge in [-0.2, -0.15) is 0 Å². The number of ether oxygens (including phenoxy) is 1. The maximum absolute atomic E-state index is 12.6. The largest absolute Gasteiger partial charge is 0.497 e. The molecule has 1 saturated heterocycles. The van der Waals surface area contributed by atoms with Crippen LogP contribution < -0.4 is 9.64 Å². The third-order valence-electron chi connectivity index (χ3n) is 3.29. The quantitative estimate of drug-likeness (QED) is 0.582. The van der Waals surface area contributed by atoms with Crippen LogP contribution in [0.2, 0.25) is 5.02 Å². The van der Waals surface area contributed by atoms with Gasteiger partial charge >= 0.3 is 0 Å². The predicted octanol–water partition coefficient (Wildman–Crippen LogP) is 4.75. The van der Waals surface area contributed by atoms with E-state index in [9.17, 15) is 4.79 Å². The molecule has 1 fully saturated rings. The van der Waals surface area contributed by atoms with Crippen molar-refractivity contribution in [2.75, 3.05) is 12.0 Å². The summed E-state index contributed by atoms with van der Waals surface area (Å²) in [4.78, 5) is 14.8. The zero-order valence-corrected chi connectivity index (χ0v) is 14.5. The van der Waals surface area contributed by atoms with E-state index in [4.69, 9.17) is 28.6 Å². The third-order valence-corrected chi connectivity index (χ3v) is 4.85. The van der Waals surface area contributed by atoms with E-state index in [0.29, 0.717) is 14.2 Å². The van der Waals surface area contributed by atoms with Crippen LogP contribution >= 0.6 is 35.6 Å². The molecule has 3 nitrogen and oxygen atoms in total. The van der Waals surface area contributed by atoms with Gasteiger partial charge in [-0.3, -0.25) is 9.69 Å². The minimum absolute atomic E-state index is 0.125. The minimum atomic E-state index is -0.125. The molecule has 1 aliphatic heterocycles. The Morgan fingerprint density at radius 2 is 1.78 bits per heavy atom. The summed E-state index contributed by atoms with van der Waals surface area (Å²) in [5, 5.41) is 0.660. The summed E-state index contributed by atoms with van der Waals surface area (Å²) in [5.41, 5.74) is 1.64. The lowest BCUT2D eigenvalue weighted by Gasteiger charge is -2.14. The lowest BCUT2D eigenvalue weighted by Crippen LogP contribution is -2.27. The second-order valence-corrected chi connectivity index (χ2v) is 6.88. The standard InChI is InChI=1S/C17H12ClNO2S2/c1-21-14-8-6-13(7-9-14)19-16(20)15(23-17(19)22)10-11-2-4-12(18)5-3-11/h2-10H,1H3/b15-10+. The number of hydrogen-bond donors (Lipinski definition) is 0. The number of methoxy groups -OCH3 is 1. The highest BCUT2D eigenvalue weighted by atomic mass is 35.5. The predicted molar refractivity (Wildman–Crippen MR) is 100 cm³/mol. The van der Waals surface area contributed by atoms with Gasteiger partial charge in [0.25, 0.3) is 5.91 Å². The van der Waals surface area contributed by atoms with E-state index >= 15 is 0 Å². The average Bonchev–Trinajstić information content (AvgIpc) is 2.84. The SMILES string of the molecule is COc1ccc(N2C(=O)/C(=C\c3ccc(Cl)cc3)SC2=S)cc1. The van der Waals surface area contributed by atoms with E-state index in [2.05, 4.69) is 0 Å². The minimum Gasteiger partial charge on any atom is -0.497 e. The Kier molecular flexibility index (Phi) is 4.71. The van der Waals surface area contributed by atoms with Crippen LogP contribution in [0.3, 0.4) is 0 Å². The summed E-state index contributed by atoms with van der Waals surface area (Å²) in [6.07, 6.45) is 1.82. The normalized spacial score (nSPS) is 16.3. The van der Waals surface area contributed by atoms with Crippen LogP contribution in [0.4, 0.5) is 5.69 Å². The van der Waals surface area contributed by atoms with E-state index in [1.54, 1.807) is 31.4 Å². The number of carbonyl (C=O) groups is 1. The molecule has 6 heteroatoms. The first-order chi connectivity index (χ1) is 11.1. The van der Waals surface area contributed by atoms with Gasteiger partial charge in [0.2, 0.25) is 0 Å². The smallest absolute Gasteiger partial charge is 0.270 e. The van der Waals surface area contributed by atoms with Gasteiger partial charge in [0, 0.05) is 5.02 Å². The summed E-state index contributed by atoms with van der Waals surface area (Å²) in [6.45, 7) is 0. The van der Waals surface area contributed by atoms with Gasteiger partial charge in [0.05, 0.1) is 17.7 Å². The number of hydrogen-bond acceptors (Lipinski definition) is 4. The molecular weight excluding hydrogens is 350 g/mol. The number of amides is 1. The molecule has 0 spiro atoms. The van der Waals surface area contributed by atoms with Crippen molar-refractivity contribution in [2.24, 2.45) is 0 Å². The van der Waals surface area contributed by atoms with E-state index in [1.165, 1.54) is 16.7 Å². The second kappa shape index (κ2) is 6.74. The van der Waals surface area contributed by atoms with Crippen molar-refractivity contribution in [1.82, 2.24) is 0 Å². The number of halogens is 1. The monoisotopic (exact) mass is 361 g/mol. The fourth-order valence-electron chi connectivity index (χ4n) is 2.13. The molecule has 0 saturated carbocycles. The van der Waals surface area contributed by atoms with Crippen molar-refractivity contribution in [1.29, 1.82) is 0 Å². The summed E-state index contributed by atoms with van der Waals surface area (Å²) >= 11 is 12.5. The highest BCUT2D eigenvalue weighted by Crippen LogP contribution is 2.36. The number of benzene rings is 2. The Balaban J connectivity index is 1.88. The highest BCUT2D eigenvalue weighted by molar-refractivity contribution is 8.27. The third kappa shape index (κ3) is 3.42. The molecule has 0 atom stereocenters. The van der Waals surface area contributed by atoms with Gasteiger partial charge in [-0.15, -0.1) is 0 Å². The van der Waals surface area contributed by atoms with Crippen LogP contribution in [0.15, 0.2) is 53.4 Å². The average molecular weight is 362 g/mol. The van der Waals surface area contributed by atoms with Gasteiger partial charge in [0.15, 0.2) is 4.32 Å². The molecule has 2 aromatic rings. The van der Waals surface area contributed by atoms with E-state index in [1.807, 2.05) is 30.3 Å². The molecule has 0 aliphatic carbocycles. The number of thiocarbonyl (C=S) groups is 1. The lowest BCUT2D eigenvalue weighted by molar-refractivity contribution is -0.113. The summed E-state index contributed by atoms with van der Waals surface area (Å²) in [5.74, 6) is 0.607. The molecule has 23 heavy (non-hydrogen) atoms. The topological polar surface area (TPSA) is 29.5 Å². The van der Waals surface area contributed by atoms with Crippen LogP contribution in [-0.2, 0) is 4.79 Å². The van der Waals surface area contributed by atoms with Gasteiger partial charge < -0.3 is 4.74 Å². The fourth-order valence-corrected chi connectivity index (χ4v) is 3.56. The lowest BCUT2D eigenvalue weighted by atomic mass is 10.2. The van der Waals surface area contributed by atoms with Crippen LogP contribution in [-0.4, -0.2) is 17.3 Å². The zero-order chi connectivity index (χ0) is 16.4. The first-order valence-electron chi connectivity index (χ1n) is 6.76. The summed E-state index contributed by atoms with van der Waals surface area (Å²) in [7, 11) is 1.60. The van der Waals surface area contributed by atoms with Crippen molar-refractivity contribution >= 4 is 57.6 Å². The van der Waals surface area contributed by atoms with Gasteiger partial charge in [-0.1, -0.05) is 47.7 Å². The maximum Gasteiger partial charge on any atom is 0.270 e. The highest BCUT2D eigenvalue weighted by Gasteiger charge is 2.33. The second-order valence-electron chi connectivity index (χ2n) is 4.77. The molecule has 0 aromatic heterocycles. The van der Waals surface area contributed by atoms with E-state index < -0.39 is 0 Å². The van der Waals surface area contributed by atoms with Crippen molar-refractivity contribution in [3.8, 4) is 5.75 Å². The summed E-state index contributed by atoms with van der Waals surface area (Å²) in [6, 6.07) is 14.5. The Hall–Kier alpha value is -1.82. The Morgan fingerprint density at radius 3 is 2.39 bits per heavy atom. The number of anilines is 1. The first-order valence-corrected chi connectivity index (χ1v) is 8.36. The molecule has 1 heterocycles. The Bertz CT molecular complexity index is 785. The van der Waals surface area contributed by atoms with Crippen LogP contribution in [0, 0.1) is 0 Å². The van der Waals surface area contributed by atoms with Crippen LogP contribution in [0.1, 0.15) is 5.56 Å². The molecular formula is C17H12ClNO2S2. The molecule has 0 unspecified atom stereocenters.